The lowest BCUT2D eigenvalue weighted by Gasteiger charge is -2.29. The van der Waals surface area contributed by atoms with Crippen molar-refractivity contribution in [3.8, 4) is 5.75 Å². The standard InChI is InChI=1S/C27H39N3O5S/c1-6-7-17-28-27(32)22(3)29(20-23-13-10-14-24(19-23)35-4)26(31)16-11-18-30(36(5,33)34)25-15-9-8-12-21(25)2/h8-10,12-15,19,22H,6-7,11,16-18,20H2,1-5H3,(H,28,32)/t22-/m1/s1. The molecule has 0 fully saturated rings. The van der Waals surface area contributed by atoms with Gasteiger partial charge in [-0.2, -0.15) is 0 Å². The van der Waals surface area contributed by atoms with Crippen LogP contribution in [-0.2, 0) is 26.2 Å². The Morgan fingerprint density at radius 3 is 2.44 bits per heavy atom. The summed E-state index contributed by atoms with van der Waals surface area (Å²) in [6, 6.07) is 14.0. The molecule has 36 heavy (non-hydrogen) atoms. The Balaban J connectivity index is 2.17. The lowest BCUT2D eigenvalue weighted by Crippen LogP contribution is -2.48. The number of para-hydroxylation sites is 1. The third kappa shape index (κ3) is 8.55. The number of carbonyl (C=O) groups is 2. The second kappa shape index (κ2) is 13.9. The zero-order valence-electron chi connectivity index (χ0n) is 22.0. The number of nitrogens with one attached hydrogen (secondary N) is 1. The van der Waals surface area contributed by atoms with Gasteiger partial charge in [0.05, 0.1) is 19.1 Å². The van der Waals surface area contributed by atoms with Gasteiger partial charge in [0.2, 0.25) is 21.8 Å². The van der Waals surface area contributed by atoms with Crippen LogP contribution in [0.15, 0.2) is 48.5 Å². The number of hydrogen-bond acceptors (Lipinski definition) is 5. The van der Waals surface area contributed by atoms with Gasteiger partial charge >= 0.3 is 0 Å². The van der Waals surface area contributed by atoms with Crippen LogP contribution in [0.2, 0.25) is 0 Å². The molecule has 2 aromatic rings. The summed E-state index contributed by atoms with van der Waals surface area (Å²) in [5, 5.41) is 2.90. The third-order valence-corrected chi connectivity index (χ3v) is 7.20. The summed E-state index contributed by atoms with van der Waals surface area (Å²) in [7, 11) is -1.95. The third-order valence-electron chi connectivity index (χ3n) is 6.02. The van der Waals surface area contributed by atoms with Gasteiger partial charge in [0.1, 0.15) is 11.8 Å². The van der Waals surface area contributed by atoms with Crippen molar-refractivity contribution in [1.29, 1.82) is 0 Å². The first-order valence-electron chi connectivity index (χ1n) is 12.3. The second-order valence-corrected chi connectivity index (χ2v) is 10.8. The van der Waals surface area contributed by atoms with E-state index in [-0.39, 0.29) is 31.3 Å². The van der Waals surface area contributed by atoms with E-state index in [1.54, 1.807) is 31.1 Å². The molecule has 0 bridgehead atoms. The van der Waals surface area contributed by atoms with Gasteiger partial charge in [-0.15, -0.1) is 0 Å². The van der Waals surface area contributed by atoms with Crippen molar-refractivity contribution >= 4 is 27.5 Å². The van der Waals surface area contributed by atoms with E-state index >= 15 is 0 Å². The monoisotopic (exact) mass is 517 g/mol. The first-order chi connectivity index (χ1) is 17.1. The summed E-state index contributed by atoms with van der Waals surface area (Å²) in [6.45, 7) is 6.58. The molecule has 0 aliphatic carbocycles. The quantitative estimate of drug-likeness (QED) is 0.384. The van der Waals surface area contributed by atoms with Gasteiger partial charge in [0, 0.05) is 26.1 Å². The number of anilines is 1. The van der Waals surface area contributed by atoms with Crippen LogP contribution >= 0.6 is 0 Å². The zero-order chi connectivity index (χ0) is 26.7. The van der Waals surface area contributed by atoms with Crippen LogP contribution in [0.25, 0.3) is 0 Å². The topological polar surface area (TPSA) is 96.0 Å². The largest absolute Gasteiger partial charge is 0.497 e. The summed E-state index contributed by atoms with van der Waals surface area (Å²) in [5.74, 6) is 0.244. The van der Waals surface area contributed by atoms with Crippen LogP contribution in [-0.4, -0.2) is 57.6 Å². The van der Waals surface area contributed by atoms with Gasteiger partial charge in [0.15, 0.2) is 0 Å². The number of methoxy groups -OCH3 is 1. The van der Waals surface area contributed by atoms with E-state index in [9.17, 15) is 18.0 Å². The van der Waals surface area contributed by atoms with Crippen molar-refractivity contribution < 1.29 is 22.7 Å². The van der Waals surface area contributed by atoms with Crippen LogP contribution in [0.1, 0.15) is 50.7 Å². The Bertz CT molecular complexity index is 1120. The van der Waals surface area contributed by atoms with Crippen LogP contribution in [0, 0.1) is 6.92 Å². The summed E-state index contributed by atoms with van der Waals surface area (Å²) in [6.07, 6.45) is 3.41. The molecule has 1 atom stereocenters. The average Bonchev–Trinajstić information content (AvgIpc) is 2.84. The van der Waals surface area contributed by atoms with E-state index in [1.807, 2.05) is 50.2 Å². The van der Waals surface area contributed by atoms with Crippen molar-refractivity contribution in [3.63, 3.8) is 0 Å². The number of nitrogens with zero attached hydrogens (tertiary/aromatic N) is 2. The molecule has 2 rings (SSSR count). The molecule has 1 N–H and O–H groups in total. The minimum Gasteiger partial charge on any atom is -0.497 e. The fraction of sp³-hybridized carbons (Fsp3) is 0.481. The second-order valence-electron chi connectivity index (χ2n) is 8.92. The van der Waals surface area contributed by atoms with Crippen molar-refractivity contribution in [2.45, 2.75) is 59.0 Å². The van der Waals surface area contributed by atoms with E-state index in [4.69, 9.17) is 4.74 Å². The Morgan fingerprint density at radius 1 is 1.08 bits per heavy atom. The van der Waals surface area contributed by atoms with Crippen molar-refractivity contribution in [1.82, 2.24) is 10.2 Å². The van der Waals surface area contributed by atoms with Gasteiger partial charge in [-0.25, -0.2) is 8.42 Å². The first-order valence-corrected chi connectivity index (χ1v) is 14.2. The van der Waals surface area contributed by atoms with Gasteiger partial charge in [-0.3, -0.25) is 13.9 Å². The molecule has 0 aromatic heterocycles. The number of amides is 2. The number of benzene rings is 2. The van der Waals surface area contributed by atoms with Crippen LogP contribution in [0.4, 0.5) is 5.69 Å². The summed E-state index contributed by atoms with van der Waals surface area (Å²) < 4.78 is 31.6. The Hall–Kier alpha value is -3.07. The number of hydrogen-bond donors (Lipinski definition) is 1. The molecule has 2 aromatic carbocycles. The van der Waals surface area contributed by atoms with E-state index in [1.165, 1.54) is 10.6 Å². The maximum absolute atomic E-state index is 13.4. The maximum atomic E-state index is 13.4. The molecule has 0 aliphatic rings. The molecule has 0 saturated heterocycles. The van der Waals surface area contributed by atoms with E-state index < -0.39 is 16.1 Å². The molecule has 198 valence electrons. The first kappa shape index (κ1) is 29.2. The Labute approximate surface area is 215 Å². The fourth-order valence-corrected chi connectivity index (χ4v) is 4.93. The van der Waals surface area contributed by atoms with E-state index in [2.05, 4.69) is 5.32 Å². The molecule has 0 unspecified atom stereocenters. The Kier molecular flexibility index (Phi) is 11.2. The molecule has 9 heteroatoms. The van der Waals surface area contributed by atoms with Crippen molar-refractivity contribution in [2.24, 2.45) is 0 Å². The van der Waals surface area contributed by atoms with Crippen LogP contribution < -0.4 is 14.4 Å². The minimum atomic E-state index is -3.53. The molecule has 0 aliphatic heterocycles. The number of ether oxygens (including phenoxy) is 1. The number of carbonyl (C=O) groups excluding carboxylic acids is 2. The highest BCUT2D eigenvalue weighted by molar-refractivity contribution is 7.92. The maximum Gasteiger partial charge on any atom is 0.242 e. The van der Waals surface area contributed by atoms with Gasteiger partial charge in [-0.1, -0.05) is 43.7 Å². The van der Waals surface area contributed by atoms with Gasteiger partial charge < -0.3 is 15.0 Å². The van der Waals surface area contributed by atoms with Crippen molar-refractivity contribution in [3.05, 3.63) is 59.7 Å². The SMILES string of the molecule is CCCCNC(=O)[C@@H](C)N(Cc1cccc(OC)c1)C(=O)CCCN(c1ccccc1C)S(C)(=O)=O. The van der Waals surface area contributed by atoms with E-state index in [0.717, 1.165) is 24.0 Å². The molecule has 0 saturated carbocycles. The zero-order valence-corrected chi connectivity index (χ0v) is 22.8. The molecule has 8 nitrogen and oxygen atoms in total. The van der Waals surface area contributed by atoms with Gasteiger partial charge in [0.25, 0.3) is 0 Å². The highest BCUT2D eigenvalue weighted by atomic mass is 32.2. The fourth-order valence-electron chi connectivity index (χ4n) is 3.91. The van der Waals surface area contributed by atoms with Crippen molar-refractivity contribution in [2.75, 3.05) is 30.8 Å². The highest BCUT2D eigenvalue weighted by Crippen LogP contribution is 2.23. The van der Waals surface area contributed by atoms with Crippen LogP contribution in [0.5, 0.6) is 5.75 Å². The highest BCUT2D eigenvalue weighted by Gasteiger charge is 2.26. The Morgan fingerprint density at radius 2 is 1.81 bits per heavy atom. The number of sulfonamides is 1. The number of unbranched alkanes of at least 4 members (excludes halogenated alkanes) is 1. The minimum absolute atomic E-state index is 0.106. The lowest BCUT2D eigenvalue weighted by molar-refractivity contribution is -0.140. The summed E-state index contributed by atoms with van der Waals surface area (Å²) in [4.78, 5) is 27.7. The summed E-state index contributed by atoms with van der Waals surface area (Å²) >= 11 is 0. The number of rotatable bonds is 14. The molecule has 0 radical (unpaired) electrons. The predicted molar refractivity (Wildman–Crippen MR) is 144 cm³/mol. The normalized spacial score (nSPS) is 12.0. The molecule has 2 amide bonds. The van der Waals surface area contributed by atoms with Gasteiger partial charge in [-0.05, 0) is 56.0 Å². The predicted octanol–water partition coefficient (Wildman–Crippen LogP) is 3.88. The lowest BCUT2D eigenvalue weighted by atomic mass is 10.1. The van der Waals surface area contributed by atoms with E-state index in [0.29, 0.717) is 24.4 Å². The molecule has 0 heterocycles. The molecule has 0 spiro atoms. The summed E-state index contributed by atoms with van der Waals surface area (Å²) in [5.41, 5.74) is 2.28. The van der Waals surface area contributed by atoms with Crippen LogP contribution in [0.3, 0.4) is 0 Å². The molecular formula is C27H39N3O5S. The average molecular weight is 518 g/mol. The molecular weight excluding hydrogens is 478 g/mol. The smallest absolute Gasteiger partial charge is 0.242 e. The number of aryl methyl sites for hydroxylation is 1.